The molecular weight excluding hydrogens is 272 g/mol. The van der Waals surface area contributed by atoms with Crippen LogP contribution in [0.4, 0.5) is 0 Å². The maximum Gasteiger partial charge on any atom is 0.332 e. The highest BCUT2D eigenvalue weighted by molar-refractivity contribution is 5.72. The predicted molar refractivity (Wildman–Crippen MR) is 67.8 cm³/mol. The van der Waals surface area contributed by atoms with Crippen molar-refractivity contribution in [1.82, 2.24) is 0 Å². The fraction of sp³-hybridized carbons (Fsp3) is 0.833. The van der Waals surface area contributed by atoms with Crippen LogP contribution in [0, 0.1) is 0 Å². The Morgan fingerprint density at radius 1 is 0.900 bits per heavy atom. The molecule has 0 aliphatic rings. The lowest BCUT2D eigenvalue weighted by Crippen LogP contribution is -2.25. The molecule has 0 saturated heterocycles. The van der Waals surface area contributed by atoms with E-state index in [1.165, 1.54) is 0 Å². The monoisotopic (exact) mass is 294 g/mol. The largest absolute Gasteiger partial charge is 0.480 e. The van der Waals surface area contributed by atoms with Crippen LogP contribution < -0.4 is 0 Å². The number of rotatable bonds is 14. The molecule has 0 rings (SSSR count). The van der Waals surface area contributed by atoms with Crippen LogP contribution in [0.15, 0.2) is 0 Å². The van der Waals surface area contributed by atoms with Crippen LogP contribution >= 0.6 is 0 Å². The third-order valence-electron chi connectivity index (χ3n) is 2.16. The van der Waals surface area contributed by atoms with Gasteiger partial charge in [-0.1, -0.05) is 6.92 Å². The molecule has 0 radical (unpaired) electrons. The van der Waals surface area contributed by atoms with Crippen LogP contribution in [-0.4, -0.2) is 74.5 Å². The van der Waals surface area contributed by atoms with Gasteiger partial charge in [-0.15, -0.1) is 0 Å². The molecule has 0 aromatic heterocycles. The average Bonchev–Trinajstić information content (AvgIpc) is 2.39. The van der Waals surface area contributed by atoms with Crippen LogP contribution in [0.1, 0.15) is 13.3 Å². The lowest BCUT2D eigenvalue weighted by atomic mass is 10.3. The molecule has 0 aliphatic heterocycles. The number of hydrogen-bond acceptors (Lipinski definition) is 6. The van der Waals surface area contributed by atoms with E-state index in [-0.39, 0.29) is 19.8 Å². The van der Waals surface area contributed by atoms with E-state index in [4.69, 9.17) is 29.2 Å². The van der Waals surface area contributed by atoms with Gasteiger partial charge in [0.25, 0.3) is 0 Å². The summed E-state index contributed by atoms with van der Waals surface area (Å²) in [7, 11) is 0. The van der Waals surface area contributed by atoms with Crippen molar-refractivity contribution >= 4 is 11.9 Å². The van der Waals surface area contributed by atoms with Gasteiger partial charge in [-0.25, -0.2) is 9.59 Å². The van der Waals surface area contributed by atoms with E-state index in [0.29, 0.717) is 32.8 Å². The zero-order chi connectivity index (χ0) is 15.2. The minimum absolute atomic E-state index is 0.214. The third-order valence-corrected chi connectivity index (χ3v) is 2.16. The Kier molecular flexibility index (Phi) is 12.0. The molecule has 0 aromatic carbocycles. The van der Waals surface area contributed by atoms with Crippen molar-refractivity contribution in [3.05, 3.63) is 0 Å². The van der Waals surface area contributed by atoms with Crippen LogP contribution in [0.5, 0.6) is 0 Å². The van der Waals surface area contributed by atoms with Crippen molar-refractivity contribution < 1.29 is 38.7 Å². The van der Waals surface area contributed by atoms with Gasteiger partial charge in [-0.3, -0.25) is 0 Å². The van der Waals surface area contributed by atoms with Gasteiger partial charge in [0.2, 0.25) is 0 Å². The lowest BCUT2D eigenvalue weighted by molar-refractivity contribution is -0.151. The van der Waals surface area contributed by atoms with Gasteiger partial charge in [0.1, 0.15) is 6.61 Å². The molecule has 0 fully saturated rings. The SMILES string of the molecule is CCC(OCCOCCOCCOCC(=O)O)C(=O)O. The minimum Gasteiger partial charge on any atom is -0.480 e. The van der Waals surface area contributed by atoms with Crippen LogP contribution in [0.25, 0.3) is 0 Å². The Morgan fingerprint density at radius 3 is 1.85 bits per heavy atom. The number of hydrogen-bond donors (Lipinski definition) is 2. The number of carboxylic acids is 2. The molecular formula is C12H22O8. The van der Waals surface area contributed by atoms with Gasteiger partial charge in [0.05, 0.1) is 39.6 Å². The standard InChI is InChI=1S/C12H22O8/c1-2-10(12(15)16)20-8-7-18-4-3-17-5-6-19-9-11(13)14/h10H,2-9H2,1H3,(H,13,14)(H,15,16). The molecule has 0 amide bonds. The molecule has 1 atom stereocenters. The van der Waals surface area contributed by atoms with Gasteiger partial charge in [0, 0.05) is 0 Å². The molecule has 0 heterocycles. The smallest absolute Gasteiger partial charge is 0.332 e. The summed E-state index contributed by atoms with van der Waals surface area (Å²) in [5, 5.41) is 17.0. The van der Waals surface area contributed by atoms with E-state index < -0.39 is 18.0 Å². The second-order valence-corrected chi connectivity index (χ2v) is 3.78. The second-order valence-electron chi connectivity index (χ2n) is 3.78. The highest BCUT2D eigenvalue weighted by Gasteiger charge is 2.14. The Morgan fingerprint density at radius 2 is 1.40 bits per heavy atom. The summed E-state index contributed by atoms with van der Waals surface area (Å²) in [6, 6.07) is 0. The van der Waals surface area contributed by atoms with Gasteiger partial charge < -0.3 is 29.2 Å². The summed E-state index contributed by atoms with van der Waals surface area (Å²) in [6.07, 6.45) is -0.379. The first kappa shape index (κ1) is 18.8. The molecule has 1 unspecified atom stereocenters. The van der Waals surface area contributed by atoms with Crippen molar-refractivity contribution in [1.29, 1.82) is 0 Å². The summed E-state index contributed by atoms with van der Waals surface area (Å²) in [5.41, 5.74) is 0. The first-order valence-electron chi connectivity index (χ1n) is 6.37. The normalized spacial score (nSPS) is 12.2. The van der Waals surface area contributed by atoms with Crippen molar-refractivity contribution in [2.75, 3.05) is 46.2 Å². The topological polar surface area (TPSA) is 112 Å². The molecule has 0 saturated carbocycles. The first-order valence-corrected chi connectivity index (χ1v) is 6.37. The van der Waals surface area contributed by atoms with Gasteiger partial charge >= 0.3 is 11.9 Å². The van der Waals surface area contributed by atoms with Crippen LogP contribution in [-0.2, 0) is 28.5 Å². The van der Waals surface area contributed by atoms with Gasteiger partial charge in [0.15, 0.2) is 6.10 Å². The minimum atomic E-state index is -1.01. The van der Waals surface area contributed by atoms with Crippen molar-refractivity contribution in [2.45, 2.75) is 19.4 Å². The molecule has 0 bridgehead atoms. The fourth-order valence-electron chi connectivity index (χ4n) is 1.21. The highest BCUT2D eigenvalue weighted by atomic mass is 16.6. The number of carboxylic acid groups (broad SMARTS) is 2. The average molecular weight is 294 g/mol. The number of ether oxygens (including phenoxy) is 4. The summed E-state index contributed by atoms with van der Waals surface area (Å²) < 4.78 is 20.2. The zero-order valence-electron chi connectivity index (χ0n) is 11.6. The Hall–Kier alpha value is -1.22. The summed E-state index contributed by atoms with van der Waals surface area (Å²) in [5.74, 6) is -1.99. The summed E-state index contributed by atoms with van der Waals surface area (Å²) >= 11 is 0. The molecule has 20 heavy (non-hydrogen) atoms. The molecule has 118 valence electrons. The molecule has 0 spiro atoms. The molecule has 0 aliphatic carbocycles. The van der Waals surface area contributed by atoms with E-state index in [2.05, 4.69) is 0 Å². The Bertz CT molecular complexity index is 268. The first-order chi connectivity index (χ1) is 9.57. The van der Waals surface area contributed by atoms with Crippen LogP contribution in [0.3, 0.4) is 0 Å². The third kappa shape index (κ3) is 11.8. The Labute approximate surface area is 117 Å². The molecule has 8 heteroatoms. The number of carbonyl (C=O) groups is 2. The summed E-state index contributed by atoms with van der Waals surface area (Å²) in [4.78, 5) is 20.7. The van der Waals surface area contributed by atoms with E-state index in [9.17, 15) is 9.59 Å². The molecule has 2 N–H and O–H groups in total. The zero-order valence-corrected chi connectivity index (χ0v) is 11.6. The second kappa shape index (κ2) is 12.8. The lowest BCUT2D eigenvalue weighted by Gasteiger charge is -2.11. The fourth-order valence-corrected chi connectivity index (χ4v) is 1.21. The summed E-state index contributed by atoms with van der Waals surface area (Å²) in [6.45, 7) is 3.13. The van der Waals surface area contributed by atoms with Crippen molar-refractivity contribution in [2.24, 2.45) is 0 Å². The van der Waals surface area contributed by atoms with E-state index in [1.807, 2.05) is 0 Å². The van der Waals surface area contributed by atoms with E-state index in [0.717, 1.165) is 0 Å². The number of aliphatic carboxylic acids is 2. The van der Waals surface area contributed by atoms with Gasteiger partial charge in [-0.2, -0.15) is 0 Å². The van der Waals surface area contributed by atoms with E-state index in [1.54, 1.807) is 6.92 Å². The quantitative estimate of drug-likeness (QED) is 0.431. The highest BCUT2D eigenvalue weighted by Crippen LogP contribution is 1.97. The van der Waals surface area contributed by atoms with Crippen molar-refractivity contribution in [3.63, 3.8) is 0 Å². The van der Waals surface area contributed by atoms with E-state index >= 15 is 0 Å². The van der Waals surface area contributed by atoms with Crippen LogP contribution in [0.2, 0.25) is 0 Å². The van der Waals surface area contributed by atoms with Gasteiger partial charge in [-0.05, 0) is 6.42 Å². The predicted octanol–water partition coefficient (Wildman–Crippen LogP) is 0.000600. The molecule has 0 aromatic rings. The van der Waals surface area contributed by atoms with Crippen molar-refractivity contribution in [3.8, 4) is 0 Å². The maximum atomic E-state index is 10.6. The molecule has 8 nitrogen and oxygen atoms in total. The Balaban J connectivity index is 3.20. The maximum absolute atomic E-state index is 10.6.